The molecule has 0 radical (unpaired) electrons. The summed E-state index contributed by atoms with van der Waals surface area (Å²) in [6, 6.07) is 0.851. The van der Waals surface area contributed by atoms with Crippen molar-refractivity contribution in [3.8, 4) is 0 Å². The summed E-state index contributed by atoms with van der Waals surface area (Å²) in [5, 5.41) is 3.52. The predicted octanol–water partition coefficient (Wildman–Crippen LogP) is -0.191. The van der Waals surface area contributed by atoms with Crippen LogP contribution in [0.4, 0.5) is 0 Å². The van der Waals surface area contributed by atoms with Crippen molar-refractivity contribution in [1.29, 1.82) is 0 Å². The molecule has 2 saturated heterocycles. The first-order valence-electron chi connectivity index (χ1n) is 3.85. The maximum Gasteiger partial charge on any atom is 0.0943 e. The molecule has 0 aliphatic carbocycles. The lowest BCUT2D eigenvalue weighted by molar-refractivity contribution is -0.899. The van der Waals surface area contributed by atoms with Crippen molar-refractivity contribution < 1.29 is 4.48 Å². The number of rotatable bonds is 0. The first kappa shape index (κ1) is 5.69. The molecule has 0 aromatic heterocycles. The third-order valence-electron chi connectivity index (χ3n) is 2.76. The van der Waals surface area contributed by atoms with E-state index in [1.54, 1.807) is 0 Å². The van der Waals surface area contributed by atoms with Crippen molar-refractivity contribution >= 4 is 0 Å². The summed E-state index contributed by atoms with van der Waals surface area (Å²) in [4.78, 5) is 0. The molecule has 2 bridgehead atoms. The van der Waals surface area contributed by atoms with E-state index >= 15 is 0 Å². The number of piperazine rings is 1. The molecule has 2 atom stereocenters. The van der Waals surface area contributed by atoms with E-state index in [4.69, 9.17) is 0 Å². The summed E-state index contributed by atoms with van der Waals surface area (Å²) < 4.78 is 1.33. The standard InChI is InChI=1S/C7H15N2/c1-9-4-2-7(6-9)8-3-5-9/h7-8H,2-6H2,1H3/q+1. The van der Waals surface area contributed by atoms with Crippen molar-refractivity contribution in [1.82, 2.24) is 5.32 Å². The second-order valence-corrected chi connectivity index (χ2v) is 3.69. The Morgan fingerprint density at radius 3 is 3.00 bits per heavy atom. The SMILES string of the molecule is C[N+]12CCNC(CC1)C2. The molecular formula is C7H15N2+. The highest BCUT2D eigenvalue weighted by Gasteiger charge is 2.37. The second-order valence-electron chi connectivity index (χ2n) is 3.69. The molecule has 52 valence electrons. The lowest BCUT2D eigenvalue weighted by Gasteiger charge is -2.33. The topological polar surface area (TPSA) is 12.0 Å². The lowest BCUT2D eigenvalue weighted by atomic mass is 10.2. The average molecular weight is 127 g/mol. The number of fused-ring (bicyclic) bond motifs is 2. The van der Waals surface area contributed by atoms with Crippen LogP contribution >= 0.6 is 0 Å². The van der Waals surface area contributed by atoms with E-state index in [0.29, 0.717) is 0 Å². The zero-order valence-corrected chi connectivity index (χ0v) is 6.06. The molecule has 9 heavy (non-hydrogen) atoms. The highest BCUT2D eigenvalue weighted by Crippen LogP contribution is 2.19. The van der Waals surface area contributed by atoms with Gasteiger partial charge in [0.05, 0.1) is 32.7 Å². The molecule has 2 fully saturated rings. The van der Waals surface area contributed by atoms with Crippen molar-refractivity contribution in [2.75, 3.05) is 33.2 Å². The summed E-state index contributed by atoms with van der Waals surface area (Å²) in [5.74, 6) is 0. The number of nitrogens with one attached hydrogen (secondary N) is 1. The van der Waals surface area contributed by atoms with Gasteiger partial charge >= 0.3 is 0 Å². The largest absolute Gasteiger partial charge is 0.324 e. The number of hydrogen-bond donors (Lipinski definition) is 1. The Bertz CT molecular complexity index is 120. The quantitative estimate of drug-likeness (QED) is 0.445. The Morgan fingerprint density at radius 1 is 1.44 bits per heavy atom. The van der Waals surface area contributed by atoms with E-state index in [-0.39, 0.29) is 0 Å². The van der Waals surface area contributed by atoms with Gasteiger partial charge in [0.1, 0.15) is 0 Å². The van der Waals surface area contributed by atoms with Crippen molar-refractivity contribution in [2.45, 2.75) is 12.5 Å². The molecule has 0 aromatic rings. The fraction of sp³-hybridized carbons (Fsp3) is 1.00. The molecule has 2 nitrogen and oxygen atoms in total. The van der Waals surface area contributed by atoms with E-state index in [9.17, 15) is 0 Å². The van der Waals surface area contributed by atoms with Gasteiger partial charge in [0.15, 0.2) is 0 Å². The number of nitrogens with zero attached hydrogens (tertiary/aromatic N) is 1. The predicted molar refractivity (Wildman–Crippen MR) is 37.2 cm³/mol. The zero-order chi connectivity index (χ0) is 6.32. The Hall–Kier alpha value is -0.0800. The molecule has 2 aliphatic rings. The summed E-state index contributed by atoms with van der Waals surface area (Å²) in [6.45, 7) is 5.36. The summed E-state index contributed by atoms with van der Waals surface area (Å²) in [7, 11) is 2.38. The van der Waals surface area contributed by atoms with Crippen LogP contribution in [0.1, 0.15) is 6.42 Å². The van der Waals surface area contributed by atoms with Crippen molar-refractivity contribution in [3.63, 3.8) is 0 Å². The maximum absolute atomic E-state index is 3.52. The van der Waals surface area contributed by atoms with Gasteiger partial charge in [-0.2, -0.15) is 0 Å². The van der Waals surface area contributed by atoms with Gasteiger partial charge < -0.3 is 9.80 Å². The van der Waals surface area contributed by atoms with Crippen LogP contribution in [0.3, 0.4) is 0 Å². The molecule has 2 heterocycles. The van der Waals surface area contributed by atoms with Gasteiger partial charge in [-0.3, -0.25) is 0 Å². The van der Waals surface area contributed by atoms with Gasteiger partial charge in [0.2, 0.25) is 0 Å². The van der Waals surface area contributed by atoms with E-state index < -0.39 is 0 Å². The van der Waals surface area contributed by atoms with Crippen molar-refractivity contribution in [3.05, 3.63) is 0 Å². The minimum Gasteiger partial charge on any atom is -0.324 e. The average Bonchev–Trinajstić information content (AvgIpc) is 2.07. The van der Waals surface area contributed by atoms with Gasteiger partial charge in [-0.25, -0.2) is 0 Å². The number of quaternary nitrogens is 1. The fourth-order valence-corrected chi connectivity index (χ4v) is 2.09. The lowest BCUT2D eigenvalue weighted by Crippen LogP contribution is -2.53. The molecule has 2 heteroatoms. The Balaban J connectivity index is 2.13. The van der Waals surface area contributed by atoms with Crippen LogP contribution in [0, 0.1) is 0 Å². The van der Waals surface area contributed by atoms with Crippen LogP contribution < -0.4 is 5.32 Å². The minimum atomic E-state index is 0.851. The van der Waals surface area contributed by atoms with Gasteiger partial charge in [0, 0.05) is 13.0 Å². The molecule has 2 aliphatic heterocycles. The van der Waals surface area contributed by atoms with Gasteiger partial charge in [-0.05, 0) is 0 Å². The fourth-order valence-electron chi connectivity index (χ4n) is 2.09. The Morgan fingerprint density at radius 2 is 2.33 bits per heavy atom. The smallest absolute Gasteiger partial charge is 0.0943 e. The molecular weight excluding hydrogens is 112 g/mol. The first-order valence-corrected chi connectivity index (χ1v) is 3.85. The summed E-state index contributed by atoms with van der Waals surface area (Å²) in [5.41, 5.74) is 0. The third kappa shape index (κ3) is 0.864. The van der Waals surface area contributed by atoms with E-state index in [1.807, 2.05) is 0 Å². The molecule has 0 aromatic carbocycles. The molecule has 1 N–H and O–H groups in total. The maximum atomic E-state index is 3.52. The van der Waals surface area contributed by atoms with Crippen LogP contribution in [0.2, 0.25) is 0 Å². The van der Waals surface area contributed by atoms with Crippen LogP contribution in [0.25, 0.3) is 0 Å². The van der Waals surface area contributed by atoms with Gasteiger partial charge in [0.25, 0.3) is 0 Å². The van der Waals surface area contributed by atoms with Crippen LogP contribution in [0.5, 0.6) is 0 Å². The zero-order valence-electron chi connectivity index (χ0n) is 6.06. The second kappa shape index (κ2) is 1.70. The van der Waals surface area contributed by atoms with Gasteiger partial charge in [-0.15, -0.1) is 0 Å². The highest BCUT2D eigenvalue weighted by molar-refractivity contribution is 4.76. The number of likely N-dealkylation sites (N-methyl/N-ethyl adjacent to an activating group) is 1. The van der Waals surface area contributed by atoms with E-state index in [0.717, 1.165) is 6.04 Å². The molecule has 2 unspecified atom stereocenters. The van der Waals surface area contributed by atoms with E-state index in [2.05, 4.69) is 12.4 Å². The molecule has 0 spiro atoms. The molecule has 0 saturated carbocycles. The van der Waals surface area contributed by atoms with Crippen molar-refractivity contribution in [2.24, 2.45) is 0 Å². The summed E-state index contributed by atoms with van der Waals surface area (Å²) >= 11 is 0. The summed E-state index contributed by atoms with van der Waals surface area (Å²) in [6.07, 6.45) is 1.40. The van der Waals surface area contributed by atoms with Gasteiger partial charge in [-0.1, -0.05) is 0 Å². The minimum absolute atomic E-state index is 0.851. The third-order valence-corrected chi connectivity index (χ3v) is 2.76. The first-order chi connectivity index (χ1) is 4.29. The van der Waals surface area contributed by atoms with Crippen LogP contribution in [-0.4, -0.2) is 43.8 Å². The number of hydrogen-bond acceptors (Lipinski definition) is 1. The monoisotopic (exact) mass is 127 g/mol. The normalized spacial score (nSPS) is 49.7. The highest BCUT2D eigenvalue weighted by atomic mass is 15.4. The molecule has 2 rings (SSSR count). The Kier molecular flexibility index (Phi) is 1.08. The Labute approximate surface area is 56.4 Å². The molecule has 0 amide bonds. The van der Waals surface area contributed by atoms with Crippen LogP contribution in [0.15, 0.2) is 0 Å². The van der Waals surface area contributed by atoms with Crippen LogP contribution in [-0.2, 0) is 0 Å². The van der Waals surface area contributed by atoms with E-state index in [1.165, 1.54) is 37.1 Å².